The van der Waals surface area contributed by atoms with Crippen LogP contribution < -0.4 is 5.14 Å². The van der Waals surface area contributed by atoms with Gasteiger partial charge in [0.15, 0.2) is 0 Å². The molecular weight excluding hydrogens is 276 g/mol. The molecule has 2 N–H and O–H groups in total. The van der Waals surface area contributed by atoms with Gasteiger partial charge in [-0.15, -0.1) is 10.2 Å². The van der Waals surface area contributed by atoms with E-state index in [4.69, 9.17) is 5.14 Å². The van der Waals surface area contributed by atoms with E-state index in [1.807, 2.05) is 37.3 Å². The monoisotopic (exact) mass is 292 g/mol. The van der Waals surface area contributed by atoms with E-state index in [9.17, 15) is 8.42 Å². The van der Waals surface area contributed by atoms with Gasteiger partial charge in [0.05, 0.1) is 0 Å². The van der Waals surface area contributed by atoms with E-state index in [-0.39, 0.29) is 11.1 Å². The number of hydrogen-bond acceptors (Lipinski definition) is 4. The van der Waals surface area contributed by atoms with Crippen LogP contribution >= 0.6 is 0 Å². The number of aromatic nitrogens is 3. The number of hydrogen-bond donors (Lipinski definition) is 1. The van der Waals surface area contributed by atoms with Crippen molar-refractivity contribution < 1.29 is 8.42 Å². The maximum Gasteiger partial charge on any atom is 0.274 e. The van der Waals surface area contributed by atoms with Crippen LogP contribution in [0.3, 0.4) is 0 Å². The van der Waals surface area contributed by atoms with Gasteiger partial charge in [-0.2, -0.15) is 0 Å². The van der Waals surface area contributed by atoms with Crippen LogP contribution in [0.1, 0.15) is 31.5 Å². The van der Waals surface area contributed by atoms with Crippen molar-refractivity contribution in [3.8, 4) is 5.69 Å². The van der Waals surface area contributed by atoms with E-state index < -0.39 is 10.0 Å². The highest BCUT2D eigenvalue weighted by molar-refractivity contribution is 7.89. The molecule has 2 aromatic rings. The largest absolute Gasteiger partial charge is 0.274 e. The van der Waals surface area contributed by atoms with Gasteiger partial charge in [0.1, 0.15) is 5.82 Å². The molecule has 20 heavy (non-hydrogen) atoms. The second kappa shape index (κ2) is 4.68. The second-order valence-corrected chi connectivity index (χ2v) is 6.64. The third-order valence-electron chi connectivity index (χ3n) is 3.66. The standard InChI is InChI=1S/C13H16N4O2S/c1-9(10-7-8-10)12-15-16-13(20(14,18)19)17(12)11-5-3-2-4-6-11/h2-6,9-10H,7-8H2,1H3,(H2,14,18,19). The summed E-state index contributed by atoms with van der Waals surface area (Å²) in [6.07, 6.45) is 2.29. The SMILES string of the molecule is CC(c1nnc(S(N)(=O)=O)n1-c1ccccc1)C1CC1. The Morgan fingerprint density at radius 2 is 1.90 bits per heavy atom. The molecule has 0 saturated heterocycles. The van der Waals surface area contributed by atoms with Crippen LogP contribution in [0.2, 0.25) is 0 Å². The molecule has 0 radical (unpaired) electrons. The first-order valence-electron chi connectivity index (χ1n) is 6.52. The van der Waals surface area contributed by atoms with Crippen molar-refractivity contribution in [2.24, 2.45) is 11.1 Å². The van der Waals surface area contributed by atoms with E-state index in [0.717, 1.165) is 12.8 Å². The summed E-state index contributed by atoms with van der Waals surface area (Å²) in [5, 5.41) is 12.9. The van der Waals surface area contributed by atoms with Crippen molar-refractivity contribution in [2.75, 3.05) is 0 Å². The summed E-state index contributed by atoms with van der Waals surface area (Å²) in [7, 11) is -3.91. The number of primary sulfonamides is 1. The highest BCUT2D eigenvalue weighted by Crippen LogP contribution is 2.42. The zero-order chi connectivity index (χ0) is 14.3. The summed E-state index contributed by atoms with van der Waals surface area (Å²) in [6, 6.07) is 9.19. The first-order valence-corrected chi connectivity index (χ1v) is 8.06. The molecule has 1 aromatic heterocycles. The Kier molecular flexibility index (Phi) is 3.10. The molecule has 7 heteroatoms. The summed E-state index contributed by atoms with van der Waals surface area (Å²) in [5.41, 5.74) is 0.712. The van der Waals surface area contributed by atoms with Gasteiger partial charge in [0, 0.05) is 11.6 Å². The van der Waals surface area contributed by atoms with Crippen molar-refractivity contribution in [1.29, 1.82) is 0 Å². The molecule has 6 nitrogen and oxygen atoms in total. The highest BCUT2D eigenvalue weighted by Gasteiger charge is 2.34. The zero-order valence-electron chi connectivity index (χ0n) is 11.1. The number of para-hydroxylation sites is 1. The van der Waals surface area contributed by atoms with Gasteiger partial charge in [0.2, 0.25) is 0 Å². The lowest BCUT2D eigenvalue weighted by Crippen LogP contribution is -2.19. The van der Waals surface area contributed by atoms with E-state index in [1.54, 1.807) is 4.57 Å². The molecule has 0 aliphatic heterocycles. The lowest BCUT2D eigenvalue weighted by Gasteiger charge is -2.13. The topological polar surface area (TPSA) is 90.9 Å². The smallest absolute Gasteiger partial charge is 0.268 e. The van der Waals surface area contributed by atoms with Crippen LogP contribution in [-0.4, -0.2) is 23.2 Å². The summed E-state index contributed by atoms with van der Waals surface area (Å²) in [4.78, 5) is 0. The quantitative estimate of drug-likeness (QED) is 0.922. The molecule has 1 heterocycles. The van der Waals surface area contributed by atoms with Gasteiger partial charge < -0.3 is 0 Å². The molecule has 0 bridgehead atoms. The Hall–Kier alpha value is -1.73. The lowest BCUT2D eigenvalue weighted by molar-refractivity contribution is 0.577. The fourth-order valence-corrected chi connectivity index (χ4v) is 3.00. The molecule has 1 aliphatic rings. The molecule has 1 unspecified atom stereocenters. The van der Waals surface area contributed by atoms with Crippen LogP contribution in [0.4, 0.5) is 0 Å². The predicted molar refractivity (Wildman–Crippen MR) is 73.9 cm³/mol. The number of nitrogens with zero attached hydrogens (tertiary/aromatic N) is 3. The van der Waals surface area contributed by atoms with Crippen LogP contribution in [0, 0.1) is 5.92 Å². The molecule has 3 rings (SSSR count). The third-order valence-corrected chi connectivity index (χ3v) is 4.44. The lowest BCUT2D eigenvalue weighted by atomic mass is 10.1. The van der Waals surface area contributed by atoms with Gasteiger partial charge in [-0.25, -0.2) is 13.6 Å². The molecule has 106 valence electrons. The normalized spacial score (nSPS) is 17.1. The van der Waals surface area contributed by atoms with Crippen LogP contribution in [0.5, 0.6) is 0 Å². The summed E-state index contributed by atoms with van der Waals surface area (Å²) in [6.45, 7) is 2.05. The van der Waals surface area contributed by atoms with Gasteiger partial charge in [-0.3, -0.25) is 4.57 Å². The molecule has 0 spiro atoms. The van der Waals surface area contributed by atoms with Gasteiger partial charge in [-0.1, -0.05) is 25.1 Å². The Balaban J connectivity index is 2.19. The fourth-order valence-electron chi connectivity index (χ4n) is 2.39. The minimum Gasteiger partial charge on any atom is -0.268 e. The van der Waals surface area contributed by atoms with Crippen LogP contribution in [0.25, 0.3) is 5.69 Å². The molecule has 1 atom stereocenters. The van der Waals surface area contributed by atoms with Crippen molar-refractivity contribution in [2.45, 2.75) is 30.8 Å². The van der Waals surface area contributed by atoms with E-state index in [0.29, 0.717) is 17.4 Å². The van der Waals surface area contributed by atoms with Gasteiger partial charge in [0.25, 0.3) is 15.2 Å². The van der Waals surface area contributed by atoms with E-state index in [1.165, 1.54) is 0 Å². The minimum atomic E-state index is -3.91. The number of nitrogens with two attached hydrogens (primary N) is 1. The zero-order valence-corrected chi connectivity index (χ0v) is 11.9. The van der Waals surface area contributed by atoms with Gasteiger partial charge in [-0.05, 0) is 30.9 Å². The Bertz CT molecular complexity index is 720. The van der Waals surface area contributed by atoms with Crippen molar-refractivity contribution in [3.05, 3.63) is 36.2 Å². The summed E-state index contributed by atoms with van der Waals surface area (Å²) in [5.74, 6) is 1.37. The molecule has 1 aromatic carbocycles. The van der Waals surface area contributed by atoms with Crippen LogP contribution in [0.15, 0.2) is 35.5 Å². The van der Waals surface area contributed by atoms with Crippen LogP contribution in [-0.2, 0) is 10.0 Å². The van der Waals surface area contributed by atoms with E-state index in [2.05, 4.69) is 10.2 Å². The molecule has 0 amide bonds. The predicted octanol–water partition coefficient (Wildman–Crippen LogP) is 1.43. The van der Waals surface area contributed by atoms with Crippen molar-refractivity contribution in [3.63, 3.8) is 0 Å². The Morgan fingerprint density at radius 3 is 2.45 bits per heavy atom. The molecule has 1 fully saturated rings. The molecular formula is C13H16N4O2S. The first kappa shape index (κ1) is 13.3. The fraction of sp³-hybridized carbons (Fsp3) is 0.385. The number of rotatable bonds is 4. The Morgan fingerprint density at radius 1 is 1.25 bits per heavy atom. The Labute approximate surface area is 117 Å². The van der Waals surface area contributed by atoms with E-state index >= 15 is 0 Å². The summed E-state index contributed by atoms with van der Waals surface area (Å²) >= 11 is 0. The molecule has 1 aliphatic carbocycles. The average Bonchev–Trinajstić information content (AvgIpc) is 3.15. The van der Waals surface area contributed by atoms with Crippen molar-refractivity contribution in [1.82, 2.24) is 14.8 Å². The van der Waals surface area contributed by atoms with Gasteiger partial charge >= 0.3 is 0 Å². The van der Waals surface area contributed by atoms with Crippen molar-refractivity contribution >= 4 is 10.0 Å². The average molecular weight is 292 g/mol. The second-order valence-electron chi connectivity index (χ2n) is 5.18. The molecule has 1 saturated carbocycles. The maximum atomic E-state index is 11.7. The number of sulfonamides is 1. The summed E-state index contributed by atoms with van der Waals surface area (Å²) < 4.78 is 25.0. The highest BCUT2D eigenvalue weighted by atomic mass is 32.2. The number of benzene rings is 1. The third kappa shape index (κ3) is 2.34. The first-order chi connectivity index (χ1) is 9.48. The minimum absolute atomic E-state index is 0.165. The maximum absolute atomic E-state index is 11.7.